The van der Waals surface area contributed by atoms with Crippen molar-refractivity contribution in [2.75, 3.05) is 13.2 Å². The van der Waals surface area contributed by atoms with Crippen molar-refractivity contribution in [2.24, 2.45) is 5.92 Å². The maximum absolute atomic E-state index is 8.20. The van der Waals surface area contributed by atoms with Gasteiger partial charge < -0.3 is 4.84 Å². The van der Waals surface area contributed by atoms with E-state index in [1.165, 1.54) is 0 Å². The largest absolute Gasteiger partial charge is 0.300 e. The van der Waals surface area contributed by atoms with Crippen molar-refractivity contribution in [1.82, 2.24) is 5.48 Å². The van der Waals surface area contributed by atoms with E-state index in [0.29, 0.717) is 13.2 Å². The molecule has 1 saturated heterocycles. The first-order valence-electron chi connectivity index (χ1n) is 2.18. The van der Waals surface area contributed by atoms with Gasteiger partial charge in [-0.3, -0.25) is 0 Å². The Morgan fingerprint density at radius 1 is 1.86 bits per heavy atom. The fraction of sp³-hybridized carbons (Fsp3) is 0.750. The van der Waals surface area contributed by atoms with Gasteiger partial charge in [0.05, 0.1) is 18.6 Å². The lowest BCUT2D eigenvalue weighted by Gasteiger charge is -1.83. The molecule has 1 N–H and O–H groups in total. The summed E-state index contributed by atoms with van der Waals surface area (Å²) in [5.41, 5.74) is 2.60. The molecule has 3 heteroatoms. The molecule has 38 valence electrons. The Morgan fingerprint density at radius 3 is 3.00 bits per heavy atom. The van der Waals surface area contributed by atoms with Gasteiger partial charge in [0.2, 0.25) is 0 Å². The van der Waals surface area contributed by atoms with E-state index in [1.807, 2.05) is 0 Å². The summed E-state index contributed by atoms with van der Waals surface area (Å²) < 4.78 is 0. The number of rotatable bonds is 0. The smallest absolute Gasteiger partial charge is 0.0864 e. The quantitative estimate of drug-likeness (QED) is 0.451. The highest BCUT2D eigenvalue weighted by Gasteiger charge is 2.12. The minimum Gasteiger partial charge on any atom is -0.300 e. The van der Waals surface area contributed by atoms with Crippen LogP contribution in [-0.4, -0.2) is 13.2 Å². The second-order valence-electron chi connectivity index (χ2n) is 1.49. The number of nitriles is 1. The highest BCUT2D eigenvalue weighted by molar-refractivity contribution is 4.85. The number of hydroxylamine groups is 1. The van der Waals surface area contributed by atoms with Crippen molar-refractivity contribution in [3.8, 4) is 6.07 Å². The van der Waals surface area contributed by atoms with Gasteiger partial charge >= 0.3 is 0 Å². The maximum atomic E-state index is 8.20. The van der Waals surface area contributed by atoms with Crippen LogP contribution in [0.5, 0.6) is 0 Å². The molecule has 1 rings (SSSR count). The van der Waals surface area contributed by atoms with Crippen LogP contribution in [0.4, 0.5) is 0 Å². The molecular formula is C4H6N2O. The van der Waals surface area contributed by atoms with Crippen LogP contribution in [0.3, 0.4) is 0 Å². The Morgan fingerprint density at radius 2 is 2.71 bits per heavy atom. The zero-order valence-electron chi connectivity index (χ0n) is 3.85. The second kappa shape index (κ2) is 1.92. The maximum Gasteiger partial charge on any atom is 0.0864 e. The Hall–Kier alpha value is -0.590. The molecular weight excluding hydrogens is 92.1 g/mol. The Labute approximate surface area is 41.8 Å². The predicted molar refractivity (Wildman–Crippen MR) is 23.1 cm³/mol. The van der Waals surface area contributed by atoms with Crippen molar-refractivity contribution in [2.45, 2.75) is 0 Å². The zero-order valence-corrected chi connectivity index (χ0v) is 3.85. The minimum absolute atomic E-state index is 0.0694. The van der Waals surface area contributed by atoms with Crippen LogP contribution in [0.25, 0.3) is 0 Å². The monoisotopic (exact) mass is 98.0 g/mol. The lowest BCUT2D eigenvalue weighted by atomic mass is 10.2. The van der Waals surface area contributed by atoms with Gasteiger partial charge in [0.1, 0.15) is 0 Å². The first-order valence-corrected chi connectivity index (χ1v) is 2.18. The van der Waals surface area contributed by atoms with E-state index in [2.05, 4.69) is 16.4 Å². The predicted octanol–water partition coefficient (Wildman–Crippen LogP) is -0.339. The van der Waals surface area contributed by atoms with Crippen LogP contribution in [0, 0.1) is 17.2 Å². The number of hydrogen-bond acceptors (Lipinski definition) is 3. The third kappa shape index (κ3) is 0.889. The molecule has 0 aliphatic carbocycles. The molecule has 1 unspecified atom stereocenters. The van der Waals surface area contributed by atoms with Crippen LogP contribution < -0.4 is 5.48 Å². The van der Waals surface area contributed by atoms with Crippen LogP contribution in [0.2, 0.25) is 0 Å². The fourth-order valence-corrected chi connectivity index (χ4v) is 0.461. The minimum atomic E-state index is 0.0694. The number of hydrogen-bond donors (Lipinski definition) is 1. The first-order chi connectivity index (χ1) is 3.43. The van der Waals surface area contributed by atoms with Gasteiger partial charge in [0.15, 0.2) is 0 Å². The molecule has 0 saturated carbocycles. The first kappa shape index (κ1) is 4.57. The molecule has 1 atom stereocenters. The average Bonchev–Trinajstić information content (AvgIpc) is 2.14. The Balaban J connectivity index is 2.31. The van der Waals surface area contributed by atoms with Crippen LogP contribution in [-0.2, 0) is 4.84 Å². The second-order valence-corrected chi connectivity index (χ2v) is 1.49. The molecule has 0 radical (unpaired) electrons. The molecule has 7 heavy (non-hydrogen) atoms. The van der Waals surface area contributed by atoms with E-state index in [1.54, 1.807) is 0 Å². The van der Waals surface area contributed by atoms with Crippen molar-refractivity contribution < 1.29 is 4.84 Å². The van der Waals surface area contributed by atoms with Crippen LogP contribution >= 0.6 is 0 Å². The van der Waals surface area contributed by atoms with E-state index in [9.17, 15) is 0 Å². The van der Waals surface area contributed by atoms with Gasteiger partial charge in [-0.1, -0.05) is 0 Å². The van der Waals surface area contributed by atoms with Crippen molar-refractivity contribution >= 4 is 0 Å². The van der Waals surface area contributed by atoms with Gasteiger partial charge in [-0.15, -0.1) is 0 Å². The number of nitrogens with zero attached hydrogens (tertiary/aromatic N) is 1. The van der Waals surface area contributed by atoms with Crippen molar-refractivity contribution in [1.29, 1.82) is 5.26 Å². The number of nitrogens with one attached hydrogen (secondary N) is 1. The third-order valence-electron chi connectivity index (χ3n) is 0.899. The van der Waals surface area contributed by atoms with E-state index in [0.717, 1.165) is 0 Å². The van der Waals surface area contributed by atoms with Gasteiger partial charge in [-0.05, 0) is 0 Å². The highest BCUT2D eigenvalue weighted by atomic mass is 16.7. The molecule has 0 amide bonds. The SMILES string of the molecule is N#CC1CNOC1. The highest BCUT2D eigenvalue weighted by Crippen LogP contribution is 1.97. The lowest BCUT2D eigenvalue weighted by molar-refractivity contribution is 0.0997. The summed E-state index contributed by atoms with van der Waals surface area (Å²) in [6.45, 7) is 1.22. The van der Waals surface area contributed by atoms with Gasteiger partial charge in [-0.2, -0.15) is 5.26 Å². The lowest BCUT2D eigenvalue weighted by Crippen LogP contribution is -2.05. The van der Waals surface area contributed by atoms with E-state index in [-0.39, 0.29) is 5.92 Å². The summed E-state index contributed by atoms with van der Waals surface area (Å²) >= 11 is 0. The average molecular weight is 98.1 g/mol. The Bertz CT molecular complexity index is 90.4. The summed E-state index contributed by atoms with van der Waals surface area (Å²) in [5, 5.41) is 8.20. The molecule has 1 aliphatic rings. The van der Waals surface area contributed by atoms with Crippen LogP contribution in [0.1, 0.15) is 0 Å². The van der Waals surface area contributed by atoms with E-state index in [4.69, 9.17) is 5.26 Å². The van der Waals surface area contributed by atoms with E-state index >= 15 is 0 Å². The molecule has 3 nitrogen and oxygen atoms in total. The molecule has 0 bridgehead atoms. The summed E-state index contributed by atoms with van der Waals surface area (Å²) in [6, 6.07) is 2.08. The molecule has 0 aromatic rings. The molecule has 0 aromatic heterocycles. The molecule has 0 aromatic carbocycles. The standard InChI is InChI=1S/C4H6N2O/c5-1-4-2-6-7-3-4/h4,6H,2-3H2. The van der Waals surface area contributed by atoms with Gasteiger partial charge in [0, 0.05) is 6.54 Å². The third-order valence-corrected chi connectivity index (χ3v) is 0.899. The summed E-state index contributed by atoms with van der Waals surface area (Å²) in [4.78, 5) is 4.68. The molecule has 1 fully saturated rings. The summed E-state index contributed by atoms with van der Waals surface area (Å²) in [6.07, 6.45) is 0. The summed E-state index contributed by atoms with van der Waals surface area (Å²) in [5.74, 6) is 0.0694. The normalized spacial score (nSPS) is 29.9. The van der Waals surface area contributed by atoms with E-state index < -0.39 is 0 Å². The van der Waals surface area contributed by atoms with Gasteiger partial charge in [0.25, 0.3) is 0 Å². The zero-order chi connectivity index (χ0) is 5.11. The fourth-order valence-electron chi connectivity index (χ4n) is 0.461. The molecule has 1 aliphatic heterocycles. The molecule has 1 heterocycles. The Kier molecular flexibility index (Phi) is 1.25. The summed E-state index contributed by atoms with van der Waals surface area (Å²) in [7, 11) is 0. The van der Waals surface area contributed by atoms with Crippen LogP contribution in [0.15, 0.2) is 0 Å². The van der Waals surface area contributed by atoms with Crippen molar-refractivity contribution in [3.63, 3.8) is 0 Å². The van der Waals surface area contributed by atoms with Gasteiger partial charge in [-0.25, -0.2) is 5.48 Å². The molecule has 0 spiro atoms. The topological polar surface area (TPSA) is 45.0 Å². The van der Waals surface area contributed by atoms with Crippen molar-refractivity contribution in [3.05, 3.63) is 0 Å².